The molecule has 0 radical (unpaired) electrons. The Hall–Kier alpha value is -0.0400. The summed E-state index contributed by atoms with van der Waals surface area (Å²) < 4.78 is 0. The largest absolute Gasteiger partial charge is 0.317 e. The molecule has 86 valence electrons. The highest BCUT2D eigenvalue weighted by Gasteiger charge is 2.00. The molecule has 0 bridgehead atoms. The summed E-state index contributed by atoms with van der Waals surface area (Å²) in [6.45, 7) is 9.18. The molecule has 0 rings (SSSR count). The van der Waals surface area contributed by atoms with Crippen LogP contribution >= 0.6 is 0 Å². The van der Waals surface area contributed by atoms with Crippen molar-refractivity contribution in [2.24, 2.45) is 5.92 Å². The van der Waals surface area contributed by atoms with Crippen molar-refractivity contribution in [3.8, 4) is 0 Å². The Kier molecular flexibility index (Phi) is 11.0. The van der Waals surface area contributed by atoms with Gasteiger partial charge in [-0.2, -0.15) is 0 Å². The molecule has 0 aromatic rings. The van der Waals surface area contributed by atoms with Crippen LogP contribution in [0.25, 0.3) is 0 Å². The van der Waals surface area contributed by atoms with Crippen molar-refractivity contribution in [3.63, 3.8) is 0 Å². The van der Waals surface area contributed by atoms with Crippen LogP contribution in [-0.4, -0.2) is 13.1 Å². The minimum absolute atomic E-state index is 0.947. The predicted molar refractivity (Wildman–Crippen MR) is 65.7 cm³/mol. The summed E-state index contributed by atoms with van der Waals surface area (Å²) >= 11 is 0. The lowest BCUT2D eigenvalue weighted by Crippen LogP contribution is -2.14. The van der Waals surface area contributed by atoms with Crippen molar-refractivity contribution in [1.29, 1.82) is 0 Å². The summed E-state index contributed by atoms with van der Waals surface area (Å²) in [7, 11) is 0. The average Bonchev–Trinajstić information content (AvgIpc) is 2.18. The molecule has 0 fully saturated rings. The first-order valence-electron chi connectivity index (χ1n) is 6.52. The average molecular weight is 199 g/mol. The third-order valence-electron chi connectivity index (χ3n) is 2.85. The standard InChI is InChI=1S/C13H29N/c1-4-6-7-10-13(3)11-8-9-12-14-5-2/h13-14H,4-12H2,1-3H3. The molecular weight excluding hydrogens is 170 g/mol. The number of nitrogens with one attached hydrogen (secondary N) is 1. The fourth-order valence-corrected chi connectivity index (χ4v) is 1.81. The Bertz CT molecular complexity index is 101. The van der Waals surface area contributed by atoms with E-state index in [-0.39, 0.29) is 0 Å². The van der Waals surface area contributed by atoms with Crippen molar-refractivity contribution >= 4 is 0 Å². The first-order valence-corrected chi connectivity index (χ1v) is 6.52. The SMILES string of the molecule is CCCCCC(C)CCCCNCC. The molecular formula is C13H29N. The first kappa shape index (κ1) is 14.0. The zero-order valence-electron chi connectivity index (χ0n) is 10.4. The van der Waals surface area contributed by atoms with E-state index in [1.54, 1.807) is 0 Å². The molecule has 0 aliphatic heterocycles. The first-order chi connectivity index (χ1) is 6.81. The van der Waals surface area contributed by atoms with Crippen LogP contribution < -0.4 is 5.32 Å². The molecule has 1 atom stereocenters. The van der Waals surface area contributed by atoms with Crippen LogP contribution in [0.15, 0.2) is 0 Å². The maximum absolute atomic E-state index is 3.37. The zero-order valence-corrected chi connectivity index (χ0v) is 10.4. The van der Waals surface area contributed by atoms with Gasteiger partial charge in [0, 0.05) is 0 Å². The molecule has 1 heteroatoms. The lowest BCUT2D eigenvalue weighted by molar-refractivity contribution is 0.440. The van der Waals surface area contributed by atoms with Gasteiger partial charge < -0.3 is 5.32 Å². The van der Waals surface area contributed by atoms with Crippen LogP contribution in [0.1, 0.15) is 65.7 Å². The summed E-state index contributed by atoms with van der Waals surface area (Å²) in [5.74, 6) is 0.947. The van der Waals surface area contributed by atoms with Gasteiger partial charge >= 0.3 is 0 Å². The van der Waals surface area contributed by atoms with Crippen LogP contribution in [0.5, 0.6) is 0 Å². The van der Waals surface area contributed by atoms with Gasteiger partial charge in [0.25, 0.3) is 0 Å². The second-order valence-corrected chi connectivity index (χ2v) is 4.45. The van der Waals surface area contributed by atoms with Crippen molar-refractivity contribution in [2.75, 3.05) is 13.1 Å². The van der Waals surface area contributed by atoms with Gasteiger partial charge in [-0.15, -0.1) is 0 Å². The van der Waals surface area contributed by atoms with Gasteiger partial charge in [0.2, 0.25) is 0 Å². The van der Waals surface area contributed by atoms with E-state index in [1.165, 1.54) is 51.5 Å². The Labute approximate surface area is 90.7 Å². The molecule has 14 heavy (non-hydrogen) atoms. The Morgan fingerprint density at radius 3 is 2.14 bits per heavy atom. The monoisotopic (exact) mass is 199 g/mol. The van der Waals surface area contributed by atoms with Crippen molar-refractivity contribution in [2.45, 2.75) is 65.7 Å². The second kappa shape index (κ2) is 11.0. The van der Waals surface area contributed by atoms with Crippen LogP contribution in [0.2, 0.25) is 0 Å². The van der Waals surface area contributed by atoms with Crippen LogP contribution in [0.3, 0.4) is 0 Å². The molecule has 1 unspecified atom stereocenters. The van der Waals surface area contributed by atoms with E-state index in [0.29, 0.717) is 0 Å². The predicted octanol–water partition coefficient (Wildman–Crippen LogP) is 3.98. The molecule has 0 aromatic heterocycles. The summed E-state index contributed by atoms with van der Waals surface area (Å²) in [4.78, 5) is 0. The highest BCUT2D eigenvalue weighted by Crippen LogP contribution is 2.15. The van der Waals surface area contributed by atoms with Crippen LogP contribution in [0, 0.1) is 5.92 Å². The minimum Gasteiger partial charge on any atom is -0.317 e. The maximum Gasteiger partial charge on any atom is -0.00490 e. The Balaban J connectivity index is 3.06. The van der Waals surface area contributed by atoms with E-state index in [4.69, 9.17) is 0 Å². The van der Waals surface area contributed by atoms with Crippen molar-refractivity contribution in [3.05, 3.63) is 0 Å². The number of rotatable bonds is 10. The van der Waals surface area contributed by atoms with Gasteiger partial charge in [-0.25, -0.2) is 0 Å². The third kappa shape index (κ3) is 10.0. The van der Waals surface area contributed by atoms with E-state index >= 15 is 0 Å². The number of hydrogen-bond acceptors (Lipinski definition) is 1. The summed E-state index contributed by atoms with van der Waals surface area (Å²) in [5.41, 5.74) is 0. The second-order valence-electron chi connectivity index (χ2n) is 4.45. The van der Waals surface area contributed by atoms with Crippen molar-refractivity contribution in [1.82, 2.24) is 5.32 Å². The van der Waals surface area contributed by atoms with Gasteiger partial charge in [-0.3, -0.25) is 0 Å². The highest BCUT2D eigenvalue weighted by atomic mass is 14.8. The van der Waals surface area contributed by atoms with E-state index < -0.39 is 0 Å². The summed E-state index contributed by atoms with van der Waals surface area (Å²) in [6.07, 6.45) is 9.83. The molecule has 0 aromatic carbocycles. The fourth-order valence-electron chi connectivity index (χ4n) is 1.81. The number of hydrogen-bond donors (Lipinski definition) is 1. The molecule has 0 heterocycles. The van der Waals surface area contributed by atoms with Gasteiger partial charge in [0.05, 0.1) is 0 Å². The maximum atomic E-state index is 3.37. The topological polar surface area (TPSA) is 12.0 Å². The van der Waals surface area contributed by atoms with Crippen LogP contribution in [-0.2, 0) is 0 Å². The zero-order chi connectivity index (χ0) is 10.6. The Morgan fingerprint density at radius 1 is 0.929 bits per heavy atom. The normalized spacial score (nSPS) is 13.1. The fraction of sp³-hybridized carbons (Fsp3) is 1.00. The van der Waals surface area contributed by atoms with Gasteiger partial charge in [-0.1, -0.05) is 59.3 Å². The molecule has 0 saturated heterocycles. The summed E-state index contributed by atoms with van der Waals surface area (Å²) in [6, 6.07) is 0. The molecule has 1 nitrogen and oxygen atoms in total. The quantitative estimate of drug-likeness (QED) is 0.525. The summed E-state index contributed by atoms with van der Waals surface area (Å²) in [5, 5.41) is 3.37. The molecule has 1 N–H and O–H groups in total. The minimum atomic E-state index is 0.947. The smallest absolute Gasteiger partial charge is 0.00490 e. The van der Waals surface area contributed by atoms with E-state index in [9.17, 15) is 0 Å². The van der Waals surface area contributed by atoms with Crippen LogP contribution in [0.4, 0.5) is 0 Å². The molecule has 0 saturated carbocycles. The number of unbranched alkanes of at least 4 members (excludes halogenated alkanes) is 3. The molecule has 0 spiro atoms. The molecule has 0 amide bonds. The van der Waals surface area contributed by atoms with Gasteiger partial charge in [0.1, 0.15) is 0 Å². The molecule has 0 aliphatic rings. The van der Waals surface area contributed by atoms with E-state index in [1.807, 2.05) is 0 Å². The Morgan fingerprint density at radius 2 is 1.57 bits per heavy atom. The van der Waals surface area contributed by atoms with E-state index in [2.05, 4.69) is 26.1 Å². The van der Waals surface area contributed by atoms with Crippen molar-refractivity contribution < 1.29 is 0 Å². The highest BCUT2D eigenvalue weighted by molar-refractivity contribution is 4.55. The van der Waals surface area contributed by atoms with Gasteiger partial charge in [-0.05, 0) is 25.4 Å². The lowest BCUT2D eigenvalue weighted by atomic mass is 9.97. The van der Waals surface area contributed by atoms with E-state index in [0.717, 1.165) is 12.5 Å². The lowest BCUT2D eigenvalue weighted by Gasteiger charge is -2.10. The molecule has 0 aliphatic carbocycles. The van der Waals surface area contributed by atoms with Gasteiger partial charge in [0.15, 0.2) is 0 Å². The third-order valence-corrected chi connectivity index (χ3v) is 2.85.